The van der Waals surface area contributed by atoms with Crippen molar-refractivity contribution in [3.05, 3.63) is 58.8 Å². The molecule has 0 atom stereocenters. The molecule has 0 saturated carbocycles. The summed E-state index contributed by atoms with van der Waals surface area (Å²) < 4.78 is 7.80. The lowest BCUT2D eigenvalue weighted by Gasteiger charge is -2.02. The fourth-order valence-electron chi connectivity index (χ4n) is 1.61. The van der Waals surface area contributed by atoms with Crippen molar-refractivity contribution in [3.8, 4) is 5.75 Å². The SMILES string of the molecule is COc1ccc(C(=O)C[n+]2ccccc2Br)cc1. The maximum absolute atomic E-state index is 12.1. The number of Topliss-reactive ketones (excluding diaryl/α,β-unsaturated/α-hetero) is 1. The lowest BCUT2D eigenvalue weighted by Crippen LogP contribution is -2.38. The Labute approximate surface area is 114 Å². The number of methoxy groups -OCH3 is 1. The van der Waals surface area contributed by atoms with Gasteiger partial charge in [0.15, 0.2) is 6.20 Å². The molecule has 4 heteroatoms. The standard InChI is InChI=1S/C14H13BrNO2/c1-18-12-7-5-11(6-8-12)13(17)10-16-9-3-2-4-14(16)15/h2-9H,10H2,1H3/q+1. The normalized spacial score (nSPS) is 10.1. The summed E-state index contributed by atoms with van der Waals surface area (Å²) in [6.07, 6.45) is 1.87. The van der Waals surface area contributed by atoms with Gasteiger partial charge in [-0.1, -0.05) is 0 Å². The van der Waals surface area contributed by atoms with Gasteiger partial charge in [0.2, 0.25) is 16.9 Å². The third kappa shape index (κ3) is 2.96. The molecular formula is C14H13BrNO2+. The van der Waals surface area contributed by atoms with Crippen LogP contribution >= 0.6 is 15.9 Å². The second-order valence-electron chi connectivity index (χ2n) is 3.80. The molecule has 92 valence electrons. The van der Waals surface area contributed by atoms with E-state index < -0.39 is 0 Å². The first-order valence-corrected chi connectivity index (χ1v) is 6.31. The first kappa shape index (κ1) is 12.8. The number of rotatable bonds is 4. The topological polar surface area (TPSA) is 30.2 Å². The summed E-state index contributed by atoms with van der Waals surface area (Å²) in [4.78, 5) is 12.1. The van der Waals surface area contributed by atoms with Gasteiger partial charge in [-0.25, -0.2) is 0 Å². The number of ketones is 1. The molecule has 0 spiro atoms. The van der Waals surface area contributed by atoms with Crippen LogP contribution in [0.2, 0.25) is 0 Å². The minimum Gasteiger partial charge on any atom is -0.497 e. The molecule has 0 aliphatic carbocycles. The van der Waals surface area contributed by atoms with E-state index in [0.717, 1.165) is 10.4 Å². The highest BCUT2D eigenvalue weighted by molar-refractivity contribution is 9.10. The second kappa shape index (κ2) is 5.78. The number of nitrogens with zero attached hydrogens (tertiary/aromatic N) is 1. The van der Waals surface area contributed by atoms with Gasteiger partial charge in [-0.3, -0.25) is 4.79 Å². The summed E-state index contributed by atoms with van der Waals surface area (Å²) in [6, 6.07) is 12.8. The van der Waals surface area contributed by atoms with Crippen LogP contribution < -0.4 is 9.30 Å². The molecule has 0 saturated heterocycles. The zero-order valence-corrected chi connectivity index (χ0v) is 11.6. The van der Waals surface area contributed by atoms with E-state index in [9.17, 15) is 4.79 Å². The molecule has 1 heterocycles. The van der Waals surface area contributed by atoms with Crippen molar-refractivity contribution in [2.24, 2.45) is 0 Å². The Hall–Kier alpha value is -1.68. The van der Waals surface area contributed by atoms with Gasteiger partial charge in [0, 0.05) is 33.6 Å². The fraction of sp³-hybridized carbons (Fsp3) is 0.143. The molecule has 3 nitrogen and oxygen atoms in total. The van der Waals surface area contributed by atoms with E-state index in [1.807, 2.05) is 29.0 Å². The van der Waals surface area contributed by atoms with Gasteiger partial charge in [-0.2, -0.15) is 4.57 Å². The molecule has 1 aromatic heterocycles. The van der Waals surface area contributed by atoms with Crippen molar-refractivity contribution in [2.45, 2.75) is 6.54 Å². The van der Waals surface area contributed by atoms with E-state index in [4.69, 9.17) is 4.74 Å². The first-order valence-electron chi connectivity index (χ1n) is 5.52. The molecule has 0 fully saturated rings. The van der Waals surface area contributed by atoms with Crippen LogP contribution in [-0.2, 0) is 6.54 Å². The van der Waals surface area contributed by atoms with Crippen molar-refractivity contribution >= 4 is 21.7 Å². The van der Waals surface area contributed by atoms with Crippen molar-refractivity contribution in [3.63, 3.8) is 0 Å². The smallest absolute Gasteiger partial charge is 0.248 e. The molecule has 0 amide bonds. The number of carbonyl (C=O) groups excluding carboxylic acids is 1. The lowest BCUT2D eigenvalue weighted by molar-refractivity contribution is -0.694. The minimum atomic E-state index is 0.0644. The third-order valence-corrected chi connectivity index (χ3v) is 3.33. The lowest BCUT2D eigenvalue weighted by atomic mass is 10.1. The Kier molecular flexibility index (Phi) is 4.10. The summed E-state index contributed by atoms with van der Waals surface area (Å²) in [5.41, 5.74) is 0.680. The molecular weight excluding hydrogens is 294 g/mol. The molecule has 2 aromatic rings. The van der Waals surface area contributed by atoms with Crippen LogP contribution in [0.15, 0.2) is 53.3 Å². The van der Waals surface area contributed by atoms with Gasteiger partial charge in [-0.05, 0) is 30.3 Å². The number of hydrogen-bond donors (Lipinski definition) is 0. The molecule has 18 heavy (non-hydrogen) atoms. The average Bonchev–Trinajstić information content (AvgIpc) is 2.41. The quantitative estimate of drug-likeness (QED) is 0.494. The van der Waals surface area contributed by atoms with Crippen LogP contribution in [0.1, 0.15) is 10.4 Å². The van der Waals surface area contributed by atoms with Crippen LogP contribution in [-0.4, -0.2) is 12.9 Å². The third-order valence-electron chi connectivity index (χ3n) is 2.61. The summed E-state index contributed by atoms with van der Waals surface area (Å²) in [6.45, 7) is 0.313. The molecule has 0 radical (unpaired) electrons. The minimum absolute atomic E-state index is 0.0644. The number of ether oxygens (including phenoxy) is 1. The van der Waals surface area contributed by atoms with Gasteiger partial charge in [0.05, 0.1) is 7.11 Å². The summed E-state index contributed by atoms with van der Waals surface area (Å²) in [7, 11) is 1.60. The molecule has 1 aromatic carbocycles. The Morgan fingerprint density at radius 2 is 1.94 bits per heavy atom. The maximum Gasteiger partial charge on any atom is 0.248 e. The van der Waals surface area contributed by atoms with Crippen molar-refractivity contribution < 1.29 is 14.1 Å². The van der Waals surface area contributed by atoms with Gasteiger partial charge < -0.3 is 4.74 Å². The highest BCUT2D eigenvalue weighted by Gasteiger charge is 2.14. The van der Waals surface area contributed by atoms with Crippen LogP contribution in [0.3, 0.4) is 0 Å². The molecule has 0 bridgehead atoms. The maximum atomic E-state index is 12.1. The predicted octanol–water partition coefficient (Wildman–Crippen LogP) is 2.63. The van der Waals surface area contributed by atoms with E-state index in [2.05, 4.69) is 15.9 Å². The summed E-state index contributed by atoms with van der Waals surface area (Å²) in [5, 5.41) is 0. The highest BCUT2D eigenvalue weighted by Crippen LogP contribution is 2.12. The van der Waals surface area contributed by atoms with E-state index in [-0.39, 0.29) is 5.78 Å². The summed E-state index contributed by atoms with van der Waals surface area (Å²) in [5.74, 6) is 0.814. The largest absolute Gasteiger partial charge is 0.497 e. The van der Waals surface area contributed by atoms with Crippen molar-refractivity contribution in [1.82, 2.24) is 0 Å². The van der Waals surface area contributed by atoms with E-state index >= 15 is 0 Å². The predicted molar refractivity (Wildman–Crippen MR) is 71.7 cm³/mol. The Balaban J connectivity index is 2.14. The van der Waals surface area contributed by atoms with Gasteiger partial charge in [0.1, 0.15) is 5.75 Å². The first-order chi connectivity index (χ1) is 8.70. The zero-order valence-electron chi connectivity index (χ0n) is 9.97. The number of aromatic nitrogens is 1. The van der Waals surface area contributed by atoms with Crippen LogP contribution in [0, 0.1) is 0 Å². The number of hydrogen-bond acceptors (Lipinski definition) is 2. The van der Waals surface area contributed by atoms with Gasteiger partial charge in [0.25, 0.3) is 0 Å². The fourth-order valence-corrected chi connectivity index (χ4v) is 2.00. The molecule has 2 rings (SSSR count). The molecule has 0 aliphatic heterocycles. The Morgan fingerprint density at radius 1 is 1.22 bits per heavy atom. The zero-order chi connectivity index (χ0) is 13.0. The van der Waals surface area contributed by atoms with Gasteiger partial charge >= 0.3 is 0 Å². The molecule has 0 aliphatic rings. The molecule has 0 unspecified atom stereocenters. The number of benzene rings is 1. The second-order valence-corrected chi connectivity index (χ2v) is 4.62. The Bertz CT molecular complexity index is 552. The number of pyridine rings is 1. The van der Waals surface area contributed by atoms with Crippen LogP contribution in [0.5, 0.6) is 5.75 Å². The van der Waals surface area contributed by atoms with Crippen LogP contribution in [0.4, 0.5) is 0 Å². The van der Waals surface area contributed by atoms with E-state index in [1.165, 1.54) is 0 Å². The number of carbonyl (C=O) groups is 1. The highest BCUT2D eigenvalue weighted by atomic mass is 79.9. The van der Waals surface area contributed by atoms with Crippen molar-refractivity contribution in [1.29, 1.82) is 0 Å². The summed E-state index contributed by atoms with van der Waals surface area (Å²) >= 11 is 3.41. The Morgan fingerprint density at radius 3 is 2.56 bits per heavy atom. The van der Waals surface area contributed by atoms with E-state index in [0.29, 0.717) is 12.1 Å². The number of halogens is 1. The van der Waals surface area contributed by atoms with Gasteiger partial charge in [-0.15, -0.1) is 0 Å². The monoisotopic (exact) mass is 306 g/mol. The van der Waals surface area contributed by atoms with Crippen molar-refractivity contribution in [2.75, 3.05) is 7.11 Å². The van der Waals surface area contributed by atoms with Crippen LogP contribution in [0.25, 0.3) is 0 Å². The molecule has 0 N–H and O–H groups in total. The van der Waals surface area contributed by atoms with E-state index in [1.54, 1.807) is 31.4 Å². The average molecular weight is 307 g/mol.